The van der Waals surface area contributed by atoms with E-state index < -0.39 is 69.7 Å². The van der Waals surface area contributed by atoms with E-state index >= 15 is 0 Å². The lowest BCUT2D eigenvalue weighted by molar-refractivity contribution is -0.146. The van der Waals surface area contributed by atoms with Crippen LogP contribution < -0.4 is 22.5 Å². The van der Waals surface area contributed by atoms with Crippen LogP contribution in [0.3, 0.4) is 0 Å². The maximum absolute atomic E-state index is 13.9. The first-order valence-corrected chi connectivity index (χ1v) is 32.7. The molecule has 0 fully saturated rings. The van der Waals surface area contributed by atoms with E-state index in [0.29, 0.717) is 126 Å². The van der Waals surface area contributed by atoms with E-state index in [0.717, 1.165) is 24.3 Å². The van der Waals surface area contributed by atoms with Crippen LogP contribution in [0.15, 0.2) is 92.5 Å². The third-order valence-corrected chi connectivity index (χ3v) is 15.2. The highest BCUT2D eigenvalue weighted by Gasteiger charge is 2.32. The number of fused-ring (bicyclic) bond motifs is 2. The lowest BCUT2D eigenvalue weighted by Gasteiger charge is -2.20. The van der Waals surface area contributed by atoms with E-state index in [1.807, 2.05) is 20.8 Å². The van der Waals surface area contributed by atoms with Gasteiger partial charge < -0.3 is 52.2 Å². The van der Waals surface area contributed by atoms with Crippen LogP contribution in [0.2, 0.25) is 0 Å². The van der Waals surface area contributed by atoms with Crippen LogP contribution in [-0.2, 0) is 99.0 Å². The number of alkyl halides is 7. The maximum Gasteiger partial charge on any atom is 0.509 e. The summed E-state index contributed by atoms with van der Waals surface area (Å²) in [5.41, 5.74) is -1.37. The Labute approximate surface area is 577 Å². The molecule has 2 aromatic carbocycles. The standard InChI is InChI=1S/C33H43F3N6O7.C21H21F3N6O2.C11H21ClO6.CH4/c1-5-11-41-31(44)28-30(40(7-3)32(41)45)38-29(24-20-37-39(22-24)21-23-9-8-10-25(18-23)33(34,35)36)42(28)26(6-2)19-27(43)49-17-16-48-15-14-47-13-12-46-4;1-3-8-30-19(31)16-18(29(4-2)20(30)32)27-17(26-16)14-10-25-28(12-14)11-13-6-5-7-15(9-13)21(22,23)24;1-3-10(12)18-11(13)17-9-8-16-7-6-15-5-4-14-2;/h8-10,18,20,22,26H,5-7,11-17,19,21H2,1-4H3;5-7,9-10,12H,3-4,8,11H2,1-2H3,(H,26,27);10H,3-9H2,1-2H3;1H4. The predicted octanol–water partition coefficient (Wildman–Crippen LogP) is 9.96. The van der Waals surface area contributed by atoms with Crippen molar-refractivity contribution >= 4 is 46.1 Å². The first kappa shape index (κ1) is 82.2. The van der Waals surface area contributed by atoms with E-state index in [2.05, 4.69) is 24.9 Å². The molecule has 2 atom stereocenters. The Morgan fingerprint density at radius 3 is 1.53 bits per heavy atom. The molecule has 0 aliphatic carbocycles. The molecule has 0 spiro atoms. The third-order valence-electron chi connectivity index (χ3n) is 14.8. The van der Waals surface area contributed by atoms with E-state index in [9.17, 15) is 55.1 Å². The molecule has 8 rings (SSSR count). The number of H-pyrrole nitrogens is 1. The fourth-order valence-corrected chi connectivity index (χ4v) is 10.0. The number of benzene rings is 2. The van der Waals surface area contributed by atoms with Gasteiger partial charge in [0.15, 0.2) is 22.4 Å². The first-order valence-electron chi connectivity index (χ1n) is 32.2. The van der Waals surface area contributed by atoms with Gasteiger partial charge in [0.25, 0.3) is 11.1 Å². The minimum absolute atomic E-state index is 0. The maximum atomic E-state index is 13.9. The van der Waals surface area contributed by atoms with Crippen molar-refractivity contribution in [3.8, 4) is 22.8 Å². The van der Waals surface area contributed by atoms with Gasteiger partial charge in [-0.15, -0.1) is 0 Å². The van der Waals surface area contributed by atoms with Gasteiger partial charge in [0.1, 0.15) is 30.4 Å². The molecule has 6 aromatic heterocycles. The summed E-state index contributed by atoms with van der Waals surface area (Å²) in [4.78, 5) is 88.9. The Hall–Kier alpha value is -8.47. The molecule has 0 bridgehead atoms. The number of esters is 1. The van der Waals surface area contributed by atoms with E-state index in [-0.39, 0.29) is 88.0 Å². The Morgan fingerprint density at radius 1 is 0.580 bits per heavy atom. The Morgan fingerprint density at radius 2 is 1.05 bits per heavy atom. The summed E-state index contributed by atoms with van der Waals surface area (Å²) in [6, 6.07) is 9.42. The molecule has 0 saturated heterocycles. The number of methoxy groups -OCH3 is 2. The Balaban J connectivity index is 0.000000302. The Kier molecular flexibility index (Phi) is 33.5. The van der Waals surface area contributed by atoms with Crippen molar-refractivity contribution in [1.29, 1.82) is 0 Å². The number of aryl methyl sites for hydroxylation is 2. The van der Waals surface area contributed by atoms with E-state index in [1.165, 1.54) is 52.2 Å². The molecule has 0 aliphatic rings. The minimum Gasteiger partial charge on any atom is -0.463 e. The van der Waals surface area contributed by atoms with Crippen LogP contribution >= 0.6 is 11.6 Å². The largest absolute Gasteiger partial charge is 0.509 e. The number of hydrogen-bond donors (Lipinski definition) is 1. The van der Waals surface area contributed by atoms with Gasteiger partial charge in [-0.25, -0.2) is 24.4 Å². The lowest BCUT2D eigenvalue weighted by Crippen LogP contribution is -2.40. The van der Waals surface area contributed by atoms with Gasteiger partial charge in [0.05, 0.1) is 120 Å². The number of nitrogens with one attached hydrogen (secondary N) is 1. The molecule has 8 aromatic rings. The van der Waals surface area contributed by atoms with Crippen LogP contribution in [0.25, 0.3) is 45.1 Å². The molecule has 6 heterocycles. The smallest absolute Gasteiger partial charge is 0.463 e. The molecule has 0 amide bonds. The lowest BCUT2D eigenvalue weighted by atomic mass is 10.1. The number of imidazole rings is 2. The molecule has 2 unspecified atom stereocenters. The second-order valence-corrected chi connectivity index (χ2v) is 22.4. The van der Waals surface area contributed by atoms with E-state index in [4.69, 9.17) is 54.5 Å². The monoisotopic (exact) mass is 1440 g/mol. The van der Waals surface area contributed by atoms with Gasteiger partial charge in [0.2, 0.25) is 0 Å². The second-order valence-electron chi connectivity index (χ2n) is 21.9. The zero-order valence-electron chi connectivity index (χ0n) is 56.5. The number of nitrogens with zero attached hydrogens (tertiary/aromatic N) is 11. The fourth-order valence-electron chi connectivity index (χ4n) is 9.95. The SMILES string of the molecule is C.CCC(Cl)OC(=O)OCCOCCOCCOC.CCCn1c(=O)c2[nH]c(-c3cnn(Cc4cccc(C(F)(F)F)c4)c3)nc2n(CC)c1=O.CCCn1c(=O)c2c(nc(-c3cnn(Cc4cccc(C(F)(F)F)c4)c3)n2C(CC)CC(=O)OCCOCCOCCOC)n(CC)c1=O. The molecule has 552 valence electrons. The van der Waals surface area contributed by atoms with Crippen LogP contribution in [0, 0.1) is 0 Å². The Bertz CT molecular complexity index is 4100. The molecule has 0 aliphatic heterocycles. The molecule has 27 nitrogen and oxygen atoms in total. The number of rotatable bonds is 36. The topological polar surface area (TPSA) is 287 Å². The molecule has 1 N–H and O–H groups in total. The van der Waals surface area contributed by atoms with Gasteiger partial charge >= 0.3 is 35.9 Å². The van der Waals surface area contributed by atoms with Gasteiger partial charge in [-0.3, -0.25) is 42.0 Å². The number of ether oxygens (including phenoxy) is 9. The molecule has 0 saturated carbocycles. The number of aromatic amines is 1. The minimum atomic E-state index is -4.49. The van der Waals surface area contributed by atoms with Crippen LogP contribution in [0.4, 0.5) is 31.1 Å². The zero-order valence-corrected chi connectivity index (χ0v) is 57.3. The van der Waals surface area contributed by atoms with Crippen LogP contribution in [-0.4, -0.2) is 169 Å². The summed E-state index contributed by atoms with van der Waals surface area (Å²) >= 11 is 5.60. The summed E-state index contributed by atoms with van der Waals surface area (Å²) in [5, 5.41) is 8.56. The fraction of sp³-hybridized carbons (Fsp3) is 0.545. The quantitative estimate of drug-likeness (QED) is 0.0165. The first-order chi connectivity index (χ1) is 47.5. The highest BCUT2D eigenvalue weighted by atomic mass is 35.5. The number of hydrogen-bond acceptors (Lipinski definition) is 19. The summed E-state index contributed by atoms with van der Waals surface area (Å²) in [5.74, 6) is 0.121. The van der Waals surface area contributed by atoms with Gasteiger partial charge in [0, 0.05) is 58.8 Å². The average molecular weight is 1440 g/mol. The number of aromatic nitrogens is 12. The van der Waals surface area contributed by atoms with Crippen LogP contribution in [0.1, 0.15) is 109 Å². The molecule has 0 radical (unpaired) electrons. The summed E-state index contributed by atoms with van der Waals surface area (Å²) in [7, 11) is 3.20. The van der Waals surface area contributed by atoms with Gasteiger partial charge in [-0.05, 0) is 74.9 Å². The molecular formula is C66H89ClF6N12O15. The van der Waals surface area contributed by atoms with Crippen molar-refractivity contribution in [2.24, 2.45) is 0 Å². The highest BCUT2D eigenvalue weighted by molar-refractivity contribution is 6.20. The van der Waals surface area contributed by atoms with E-state index in [1.54, 1.807) is 64.1 Å². The highest BCUT2D eigenvalue weighted by Crippen LogP contribution is 2.33. The second kappa shape index (κ2) is 40.7. The van der Waals surface area contributed by atoms with Gasteiger partial charge in [-0.1, -0.05) is 71.0 Å². The molecule has 100 heavy (non-hydrogen) atoms. The van der Waals surface area contributed by atoms with Crippen molar-refractivity contribution < 1.29 is 78.6 Å². The summed E-state index contributed by atoms with van der Waals surface area (Å²) in [6.45, 7) is 16.5. The van der Waals surface area contributed by atoms with Crippen molar-refractivity contribution in [2.45, 2.75) is 144 Å². The predicted molar refractivity (Wildman–Crippen MR) is 359 cm³/mol. The van der Waals surface area contributed by atoms with Crippen molar-refractivity contribution in [3.63, 3.8) is 0 Å². The van der Waals surface area contributed by atoms with Crippen molar-refractivity contribution in [2.75, 3.05) is 93.5 Å². The van der Waals surface area contributed by atoms with Gasteiger partial charge in [-0.2, -0.15) is 36.5 Å². The molecular weight excluding hydrogens is 1350 g/mol. The van der Waals surface area contributed by atoms with Crippen LogP contribution in [0.5, 0.6) is 0 Å². The summed E-state index contributed by atoms with van der Waals surface area (Å²) in [6.07, 6.45) is -1.45. The zero-order chi connectivity index (χ0) is 72.2. The van der Waals surface area contributed by atoms with Crippen molar-refractivity contribution in [1.82, 2.24) is 57.3 Å². The summed E-state index contributed by atoms with van der Waals surface area (Å²) < 4.78 is 134. The number of carbonyl (C=O) groups is 2. The number of carbonyl (C=O) groups excluding carboxylic acids is 2. The third kappa shape index (κ3) is 23.3. The normalized spacial score (nSPS) is 12.2. The molecule has 34 heteroatoms. The van der Waals surface area contributed by atoms with Crippen molar-refractivity contribution in [3.05, 3.63) is 137 Å². The average Bonchev–Trinajstić information content (AvgIpc) is 1.58. The number of halogens is 7.